The average molecular weight is 460 g/mol. The van der Waals surface area contributed by atoms with Crippen LogP contribution < -0.4 is 11.2 Å². The molecule has 1 amide bonds. The van der Waals surface area contributed by atoms with Crippen molar-refractivity contribution in [1.29, 1.82) is 0 Å². The number of hydrogen-bond donors (Lipinski definition) is 3. The van der Waals surface area contributed by atoms with E-state index in [0.29, 0.717) is 19.5 Å². The number of hydrogen-bond acceptors (Lipinski definition) is 5. The second-order valence-corrected chi connectivity index (χ2v) is 8.46. The van der Waals surface area contributed by atoms with E-state index in [2.05, 4.69) is 17.4 Å². The molecule has 7 nitrogen and oxygen atoms in total. The van der Waals surface area contributed by atoms with E-state index in [9.17, 15) is 14.7 Å². The first-order valence-electron chi connectivity index (χ1n) is 11.4. The highest BCUT2D eigenvalue weighted by atomic mass is 16.5. The summed E-state index contributed by atoms with van der Waals surface area (Å²) in [5.41, 5.74) is 5.56. The Labute approximate surface area is 199 Å². The number of nitrogens with two attached hydrogens (primary N) is 1. The Morgan fingerprint density at radius 2 is 1.53 bits per heavy atom. The van der Waals surface area contributed by atoms with Crippen molar-refractivity contribution in [2.75, 3.05) is 13.2 Å². The Balaban J connectivity index is 1.28. The monoisotopic (exact) mass is 459 g/mol. The number of hydrazine groups is 1. The third kappa shape index (κ3) is 5.62. The van der Waals surface area contributed by atoms with Gasteiger partial charge < -0.3 is 15.2 Å². The first-order chi connectivity index (χ1) is 16.5. The first-order valence-corrected chi connectivity index (χ1v) is 11.4. The molecule has 7 heteroatoms. The quantitative estimate of drug-likeness (QED) is 0.311. The minimum atomic E-state index is -1.10. The number of nitrogens with one attached hydrogen (secondary N) is 1. The first kappa shape index (κ1) is 23.5. The van der Waals surface area contributed by atoms with E-state index < -0.39 is 18.1 Å². The number of nitrogens with zero attached hydrogens (tertiary/aromatic N) is 1. The number of fused-ring (bicyclic) bond motifs is 3. The molecule has 0 aliphatic heterocycles. The van der Waals surface area contributed by atoms with Gasteiger partial charge in [-0.2, -0.15) is 0 Å². The van der Waals surface area contributed by atoms with E-state index in [-0.39, 0.29) is 18.9 Å². The van der Waals surface area contributed by atoms with Crippen LogP contribution in [0.25, 0.3) is 11.1 Å². The fourth-order valence-electron chi connectivity index (χ4n) is 4.44. The number of carbonyl (C=O) groups is 2. The molecule has 3 aromatic rings. The summed E-state index contributed by atoms with van der Waals surface area (Å²) in [6.45, 7) is 1.21. The van der Waals surface area contributed by atoms with Crippen molar-refractivity contribution < 1.29 is 19.4 Å². The predicted molar refractivity (Wildman–Crippen MR) is 130 cm³/mol. The molecule has 176 valence electrons. The van der Waals surface area contributed by atoms with Crippen molar-refractivity contribution in [1.82, 2.24) is 10.3 Å². The van der Waals surface area contributed by atoms with Gasteiger partial charge in [0.05, 0.1) is 0 Å². The van der Waals surface area contributed by atoms with Crippen molar-refractivity contribution in [3.05, 3.63) is 95.6 Å². The highest BCUT2D eigenvalue weighted by molar-refractivity contribution is 5.81. The standard InChI is InChI=1S/C27H29N3O4/c28-30(17-19-9-2-1-3-10-19)16-8-15-25(26(31)32)29-27(33)34-18-24-22-13-6-4-11-20(22)21-12-5-7-14-23(21)24/h1-7,9-14,24-25H,8,15-18,28H2,(H,29,33)(H,31,32)/t25-/m0/s1. The number of carbonyl (C=O) groups excluding carboxylic acids is 1. The Hall–Kier alpha value is -3.68. The average Bonchev–Trinajstić information content (AvgIpc) is 3.16. The lowest BCUT2D eigenvalue weighted by Crippen LogP contribution is -2.42. The van der Waals surface area contributed by atoms with Gasteiger partial charge in [-0.3, -0.25) is 5.84 Å². The molecule has 0 spiro atoms. The van der Waals surface area contributed by atoms with Gasteiger partial charge in [0.1, 0.15) is 12.6 Å². The van der Waals surface area contributed by atoms with Gasteiger partial charge in [-0.25, -0.2) is 14.6 Å². The van der Waals surface area contributed by atoms with Crippen molar-refractivity contribution >= 4 is 12.1 Å². The number of carboxylic acid groups (broad SMARTS) is 1. The van der Waals surface area contributed by atoms with Gasteiger partial charge in [0.25, 0.3) is 0 Å². The Kier molecular flexibility index (Phi) is 7.57. The zero-order valence-corrected chi connectivity index (χ0v) is 18.9. The van der Waals surface area contributed by atoms with Gasteiger partial charge in [0, 0.05) is 19.0 Å². The third-order valence-corrected chi connectivity index (χ3v) is 6.10. The predicted octanol–water partition coefficient (Wildman–Crippen LogP) is 4.13. The lowest BCUT2D eigenvalue weighted by atomic mass is 9.98. The molecule has 0 bridgehead atoms. The summed E-state index contributed by atoms with van der Waals surface area (Å²) in [7, 11) is 0. The van der Waals surface area contributed by atoms with Crippen molar-refractivity contribution in [3.8, 4) is 11.1 Å². The lowest BCUT2D eigenvalue weighted by Gasteiger charge is -2.19. The number of aliphatic carboxylic acids is 1. The number of alkyl carbamates (subject to hydrolysis) is 1. The van der Waals surface area contributed by atoms with Gasteiger partial charge in [-0.1, -0.05) is 78.9 Å². The fraction of sp³-hybridized carbons (Fsp3) is 0.259. The molecule has 0 saturated heterocycles. The van der Waals surface area contributed by atoms with Gasteiger partial charge in [0.15, 0.2) is 0 Å². The summed E-state index contributed by atoms with van der Waals surface area (Å²) < 4.78 is 5.48. The van der Waals surface area contributed by atoms with E-state index in [1.54, 1.807) is 5.01 Å². The van der Waals surface area contributed by atoms with Gasteiger partial charge in [-0.15, -0.1) is 0 Å². The molecule has 1 aliphatic carbocycles. The smallest absolute Gasteiger partial charge is 0.407 e. The maximum atomic E-state index is 12.4. The normalized spacial score (nSPS) is 13.2. The van der Waals surface area contributed by atoms with Gasteiger partial charge in [-0.05, 0) is 40.7 Å². The summed E-state index contributed by atoms with van der Waals surface area (Å²) in [6, 6.07) is 24.9. The number of amides is 1. The fourth-order valence-corrected chi connectivity index (χ4v) is 4.44. The van der Waals surface area contributed by atoms with Gasteiger partial charge >= 0.3 is 12.1 Å². The van der Waals surface area contributed by atoms with Gasteiger partial charge in [0.2, 0.25) is 0 Å². The molecule has 1 atom stereocenters. The largest absolute Gasteiger partial charge is 0.480 e. The third-order valence-electron chi connectivity index (χ3n) is 6.10. The van der Waals surface area contributed by atoms with E-state index in [4.69, 9.17) is 10.6 Å². The molecule has 34 heavy (non-hydrogen) atoms. The Morgan fingerprint density at radius 1 is 0.941 bits per heavy atom. The number of carboxylic acids is 1. The molecule has 4 rings (SSSR count). The molecule has 1 aliphatic rings. The van der Waals surface area contributed by atoms with E-state index in [1.165, 1.54) is 0 Å². The molecule has 0 unspecified atom stereocenters. The maximum absolute atomic E-state index is 12.4. The molecular formula is C27H29N3O4. The van der Waals surface area contributed by atoms with E-state index >= 15 is 0 Å². The molecule has 0 heterocycles. The Bertz CT molecular complexity index is 1090. The summed E-state index contributed by atoms with van der Waals surface area (Å²) >= 11 is 0. The molecule has 3 aromatic carbocycles. The van der Waals surface area contributed by atoms with Crippen molar-refractivity contribution in [2.24, 2.45) is 5.84 Å². The zero-order valence-electron chi connectivity index (χ0n) is 18.9. The van der Waals surface area contributed by atoms with Crippen LogP contribution in [-0.2, 0) is 16.1 Å². The van der Waals surface area contributed by atoms with Crippen LogP contribution in [0.5, 0.6) is 0 Å². The Morgan fingerprint density at radius 3 is 2.15 bits per heavy atom. The van der Waals surface area contributed by atoms with Crippen LogP contribution in [0.1, 0.15) is 35.4 Å². The van der Waals surface area contributed by atoms with Crippen LogP contribution in [0.4, 0.5) is 4.79 Å². The minimum absolute atomic E-state index is 0.0785. The number of rotatable bonds is 10. The number of ether oxygens (including phenoxy) is 1. The summed E-state index contributed by atoms with van der Waals surface area (Å²) in [6.07, 6.45) is 0.0366. The molecule has 0 fully saturated rings. The molecule has 0 radical (unpaired) electrons. The second kappa shape index (κ2) is 11.0. The minimum Gasteiger partial charge on any atom is -0.480 e. The molecular weight excluding hydrogens is 430 g/mol. The second-order valence-electron chi connectivity index (χ2n) is 8.46. The van der Waals surface area contributed by atoms with Crippen LogP contribution in [0.3, 0.4) is 0 Å². The maximum Gasteiger partial charge on any atom is 0.407 e. The van der Waals surface area contributed by atoms with Crippen LogP contribution in [-0.4, -0.2) is 41.4 Å². The summed E-state index contributed by atoms with van der Waals surface area (Å²) in [4.78, 5) is 24.1. The molecule has 4 N–H and O–H groups in total. The number of benzene rings is 3. The summed E-state index contributed by atoms with van der Waals surface area (Å²) in [5, 5.41) is 13.7. The van der Waals surface area contributed by atoms with E-state index in [0.717, 1.165) is 27.8 Å². The van der Waals surface area contributed by atoms with E-state index in [1.807, 2.05) is 66.7 Å². The van der Waals surface area contributed by atoms with Crippen molar-refractivity contribution in [3.63, 3.8) is 0 Å². The van der Waals surface area contributed by atoms with Crippen molar-refractivity contribution in [2.45, 2.75) is 31.3 Å². The van der Waals surface area contributed by atoms with Crippen LogP contribution in [0.15, 0.2) is 78.9 Å². The highest BCUT2D eigenvalue weighted by Gasteiger charge is 2.29. The summed E-state index contributed by atoms with van der Waals surface area (Å²) in [5.74, 6) is 4.86. The topological polar surface area (TPSA) is 105 Å². The SMILES string of the molecule is NN(CCC[C@H](NC(=O)OCC1c2ccccc2-c2ccccc21)C(=O)O)Cc1ccccc1. The highest BCUT2D eigenvalue weighted by Crippen LogP contribution is 2.44. The lowest BCUT2D eigenvalue weighted by molar-refractivity contribution is -0.139. The molecule has 0 aromatic heterocycles. The van der Waals surface area contributed by atoms with Crippen LogP contribution in [0.2, 0.25) is 0 Å². The molecule has 0 saturated carbocycles. The van der Waals surface area contributed by atoms with Crippen LogP contribution >= 0.6 is 0 Å². The van der Waals surface area contributed by atoms with Crippen LogP contribution in [0, 0.1) is 0 Å². The zero-order chi connectivity index (χ0) is 23.9.